The summed E-state index contributed by atoms with van der Waals surface area (Å²) in [5, 5.41) is 4.05. The molecule has 8 nitrogen and oxygen atoms in total. The molecule has 1 amide bonds. The molecule has 1 aliphatic heterocycles. The minimum absolute atomic E-state index is 0.0275. The number of aromatic nitrogens is 4. The summed E-state index contributed by atoms with van der Waals surface area (Å²) in [7, 11) is 0. The van der Waals surface area contributed by atoms with Crippen molar-refractivity contribution >= 4 is 11.6 Å². The van der Waals surface area contributed by atoms with Crippen molar-refractivity contribution < 1.29 is 14.1 Å². The van der Waals surface area contributed by atoms with Crippen LogP contribution in [0.25, 0.3) is 23.0 Å². The van der Waals surface area contributed by atoms with Crippen molar-refractivity contribution in [2.45, 2.75) is 20.4 Å². The lowest BCUT2D eigenvalue weighted by molar-refractivity contribution is -0.119. The molecule has 1 aliphatic rings. The van der Waals surface area contributed by atoms with E-state index in [-0.39, 0.29) is 12.5 Å². The summed E-state index contributed by atoms with van der Waals surface area (Å²) in [6, 6.07) is 15.4. The third-order valence-corrected chi connectivity index (χ3v) is 5.24. The predicted octanol–water partition coefficient (Wildman–Crippen LogP) is 3.64. The lowest BCUT2D eigenvalue weighted by atomic mass is 10.1. The Morgan fingerprint density at radius 3 is 2.77 bits per heavy atom. The number of hydrogen-bond donors (Lipinski definition) is 0. The molecule has 0 saturated heterocycles. The maximum atomic E-state index is 13.1. The molecule has 0 unspecified atom stereocenters. The Bertz CT molecular complexity index is 1250. The van der Waals surface area contributed by atoms with Gasteiger partial charge in [0.2, 0.25) is 11.7 Å². The number of carbonyl (C=O) groups excluding carboxylic acids is 1. The van der Waals surface area contributed by atoms with Crippen LogP contribution in [-0.2, 0) is 11.3 Å². The van der Waals surface area contributed by atoms with Gasteiger partial charge in [-0.05, 0) is 43.7 Å². The minimum atomic E-state index is -0.0275. The second-order valence-electron chi connectivity index (χ2n) is 7.46. The van der Waals surface area contributed by atoms with E-state index in [1.54, 1.807) is 15.7 Å². The Kier molecular flexibility index (Phi) is 4.74. The zero-order valence-corrected chi connectivity index (χ0v) is 17.3. The summed E-state index contributed by atoms with van der Waals surface area (Å²) in [5.41, 5.74) is 3.29. The summed E-state index contributed by atoms with van der Waals surface area (Å²) in [5.74, 6) is 2.22. The standard InChI is InChI=1S/C23H21N5O3/c1-15-8-9-20-19(12-15)28(10-11-30-20)21(29)14-27-13-18(24-16(27)2)22-25-23(31-26-22)17-6-4-3-5-7-17/h3-9,12-13H,10-11,14H2,1-2H3. The number of carbonyl (C=O) groups is 1. The van der Waals surface area contributed by atoms with Crippen LogP contribution in [-0.4, -0.2) is 38.8 Å². The topological polar surface area (TPSA) is 86.3 Å². The van der Waals surface area contributed by atoms with Crippen LogP contribution in [0.5, 0.6) is 5.75 Å². The molecule has 2 aromatic carbocycles. The SMILES string of the molecule is Cc1ccc2c(c1)N(C(=O)Cn1cc(-c3noc(-c4ccccc4)n3)nc1C)CCO2. The van der Waals surface area contributed by atoms with E-state index in [1.165, 1.54) is 0 Å². The quantitative estimate of drug-likeness (QED) is 0.506. The minimum Gasteiger partial charge on any atom is -0.490 e. The Morgan fingerprint density at radius 2 is 1.94 bits per heavy atom. The number of nitrogens with zero attached hydrogens (tertiary/aromatic N) is 5. The van der Waals surface area contributed by atoms with Crippen molar-refractivity contribution in [1.29, 1.82) is 0 Å². The average molecular weight is 415 g/mol. The maximum absolute atomic E-state index is 13.1. The summed E-state index contributed by atoms with van der Waals surface area (Å²) >= 11 is 0. The van der Waals surface area contributed by atoms with Gasteiger partial charge in [0, 0.05) is 11.8 Å². The monoisotopic (exact) mass is 415 g/mol. The summed E-state index contributed by atoms with van der Waals surface area (Å²) in [6.45, 7) is 5.00. The first kappa shape index (κ1) is 19.0. The summed E-state index contributed by atoms with van der Waals surface area (Å²) < 4.78 is 12.9. The molecule has 0 saturated carbocycles. The van der Waals surface area contributed by atoms with Crippen molar-refractivity contribution in [3.8, 4) is 28.7 Å². The highest BCUT2D eigenvalue weighted by Gasteiger charge is 2.25. The average Bonchev–Trinajstić information content (AvgIpc) is 3.41. The summed E-state index contributed by atoms with van der Waals surface area (Å²) in [4.78, 5) is 23.8. The highest BCUT2D eigenvalue weighted by atomic mass is 16.5. The van der Waals surface area contributed by atoms with Gasteiger partial charge in [0.1, 0.15) is 30.4 Å². The first-order chi connectivity index (χ1) is 15.1. The van der Waals surface area contributed by atoms with Gasteiger partial charge >= 0.3 is 0 Å². The second kappa shape index (κ2) is 7.71. The van der Waals surface area contributed by atoms with Crippen molar-refractivity contribution in [3.63, 3.8) is 0 Å². The number of rotatable bonds is 4. The van der Waals surface area contributed by atoms with Gasteiger partial charge in [-0.15, -0.1) is 0 Å². The van der Waals surface area contributed by atoms with E-state index in [1.807, 2.05) is 62.4 Å². The zero-order valence-electron chi connectivity index (χ0n) is 17.3. The van der Waals surface area contributed by atoms with Crippen molar-refractivity contribution in [1.82, 2.24) is 19.7 Å². The molecule has 5 rings (SSSR count). The molecule has 0 aliphatic carbocycles. The van der Waals surface area contributed by atoms with Crippen LogP contribution in [0, 0.1) is 13.8 Å². The molecule has 4 aromatic rings. The Morgan fingerprint density at radius 1 is 1.10 bits per heavy atom. The highest BCUT2D eigenvalue weighted by molar-refractivity contribution is 5.95. The van der Waals surface area contributed by atoms with E-state index in [2.05, 4.69) is 15.1 Å². The number of imidazole rings is 1. The van der Waals surface area contributed by atoms with E-state index >= 15 is 0 Å². The summed E-state index contributed by atoms with van der Waals surface area (Å²) in [6.07, 6.45) is 1.78. The van der Waals surface area contributed by atoms with E-state index in [0.29, 0.717) is 36.4 Å². The van der Waals surface area contributed by atoms with Crippen LogP contribution in [0.2, 0.25) is 0 Å². The largest absolute Gasteiger partial charge is 0.490 e. The van der Waals surface area contributed by atoms with Crippen LogP contribution in [0.4, 0.5) is 5.69 Å². The van der Waals surface area contributed by atoms with Crippen molar-refractivity contribution in [2.75, 3.05) is 18.1 Å². The number of fused-ring (bicyclic) bond motifs is 1. The molecular formula is C23H21N5O3. The molecule has 0 N–H and O–H groups in total. The molecule has 156 valence electrons. The van der Waals surface area contributed by atoms with Gasteiger partial charge in [0.05, 0.1) is 12.2 Å². The number of aryl methyl sites for hydroxylation is 2. The molecular weight excluding hydrogens is 394 g/mol. The first-order valence-electron chi connectivity index (χ1n) is 10.1. The molecule has 0 atom stereocenters. The van der Waals surface area contributed by atoms with Gasteiger partial charge in [-0.2, -0.15) is 4.98 Å². The van der Waals surface area contributed by atoms with Crippen molar-refractivity contribution in [2.24, 2.45) is 0 Å². The van der Waals surface area contributed by atoms with E-state index in [9.17, 15) is 4.79 Å². The maximum Gasteiger partial charge on any atom is 0.258 e. The molecule has 31 heavy (non-hydrogen) atoms. The fraction of sp³-hybridized carbons (Fsp3) is 0.217. The van der Waals surface area contributed by atoms with Crippen LogP contribution < -0.4 is 9.64 Å². The number of ether oxygens (including phenoxy) is 1. The second-order valence-corrected chi connectivity index (χ2v) is 7.46. The van der Waals surface area contributed by atoms with Crippen LogP contribution in [0.1, 0.15) is 11.4 Å². The van der Waals surface area contributed by atoms with Crippen LogP contribution >= 0.6 is 0 Å². The van der Waals surface area contributed by atoms with Crippen LogP contribution in [0.15, 0.2) is 59.3 Å². The normalized spacial score (nSPS) is 13.0. The number of hydrogen-bond acceptors (Lipinski definition) is 6. The molecule has 0 bridgehead atoms. The van der Waals surface area contributed by atoms with Crippen molar-refractivity contribution in [3.05, 3.63) is 66.1 Å². The van der Waals surface area contributed by atoms with E-state index in [0.717, 1.165) is 22.6 Å². The Labute approximate surface area is 179 Å². The Balaban J connectivity index is 1.37. The van der Waals surface area contributed by atoms with E-state index < -0.39 is 0 Å². The molecule has 0 spiro atoms. The third-order valence-electron chi connectivity index (χ3n) is 5.24. The Hall–Kier alpha value is -3.94. The number of amides is 1. The number of anilines is 1. The van der Waals surface area contributed by atoms with Gasteiger partial charge in [-0.25, -0.2) is 4.98 Å². The first-order valence-corrected chi connectivity index (χ1v) is 10.1. The van der Waals surface area contributed by atoms with Gasteiger partial charge < -0.3 is 18.7 Å². The molecule has 3 heterocycles. The zero-order chi connectivity index (χ0) is 21.4. The fourth-order valence-electron chi connectivity index (χ4n) is 3.62. The van der Waals surface area contributed by atoms with Crippen LogP contribution in [0.3, 0.4) is 0 Å². The molecule has 0 fully saturated rings. The molecule has 8 heteroatoms. The lowest BCUT2D eigenvalue weighted by Crippen LogP contribution is -2.40. The molecule has 0 radical (unpaired) electrons. The number of benzene rings is 2. The lowest BCUT2D eigenvalue weighted by Gasteiger charge is -2.30. The fourth-order valence-corrected chi connectivity index (χ4v) is 3.62. The van der Waals surface area contributed by atoms with Gasteiger partial charge in [0.15, 0.2) is 0 Å². The van der Waals surface area contributed by atoms with Gasteiger partial charge in [0.25, 0.3) is 5.89 Å². The third kappa shape index (κ3) is 3.68. The smallest absolute Gasteiger partial charge is 0.258 e. The molecule has 2 aromatic heterocycles. The van der Waals surface area contributed by atoms with Gasteiger partial charge in [-0.3, -0.25) is 4.79 Å². The van der Waals surface area contributed by atoms with E-state index in [4.69, 9.17) is 9.26 Å². The van der Waals surface area contributed by atoms with Gasteiger partial charge in [-0.1, -0.05) is 29.4 Å². The highest BCUT2D eigenvalue weighted by Crippen LogP contribution is 2.32. The predicted molar refractivity (Wildman–Crippen MR) is 115 cm³/mol.